The summed E-state index contributed by atoms with van der Waals surface area (Å²) in [6.45, 7) is 13.6. The van der Waals surface area contributed by atoms with Gasteiger partial charge in [0.2, 0.25) is 0 Å². The average molecular weight is 417 g/mol. The van der Waals surface area contributed by atoms with Gasteiger partial charge in [-0.05, 0) is 34.1 Å². The van der Waals surface area contributed by atoms with Gasteiger partial charge in [0.05, 0.1) is 0 Å². The smallest absolute Gasteiger partial charge is 0.339 e. The van der Waals surface area contributed by atoms with Crippen LogP contribution in [0.4, 0.5) is 0 Å². The summed E-state index contributed by atoms with van der Waals surface area (Å²) in [6, 6.07) is 6.91. The van der Waals surface area contributed by atoms with E-state index in [0.29, 0.717) is 16.7 Å². The summed E-state index contributed by atoms with van der Waals surface area (Å²) in [4.78, 5) is 16.0. The van der Waals surface area contributed by atoms with E-state index in [9.17, 15) is 20.1 Å². The minimum atomic E-state index is -1.21. The SMILES string of the molecule is CC(c1cc(C(C)(C)C)cc(COO)c1O)c1cc(C(C)(C)C)cc(C(=O)O)c1O. The Kier molecular flexibility index (Phi) is 6.54. The first-order valence-electron chi connectivity index (χ1n) is 9.91. The first-order chi connectivity index (χ1) is 13.7. The third-order valence-corrected chi connectivity index (χ3v) is 5.47. The lowest BCUT2D eigenvalue weighted by atomic mass is 9.79. The van der Waals surface area contributed by atoms with E-state index in [1.165, 1.54) is 6.07 Å². The molecular formula is C24H32O6. The van der Waals surface area contributed by atoms with Crippen LogP contribution in [0.15, 0.2) is 24.3 Å². The number of benzene rings is 2. The monoisotopic (exact) mass is 416 g/mol. The second kappa shape index (κ2) is 8.28. The third-order valence-electron chi connectivity index (χ3n) is 5.47. The molecule has 0 saturated carbocycles. The van der Waals surface area contributed by atoms with Gasteiger partial charge in [-0.15, -0.1) is 0 Å². The summed E-state index contributed by atoms with van der Waals surface area (Å²) in [6.07, 6.45) is 0. The van der Waals surface area contributed by atoms with Gasteiger partial charge in [0.15, 0.2) is 0 Å². The summed E-state index contributed by atoms with van der Waals surface area (Å²) in [5, 5.41) is 40.1. The predicted octanol–water partition coefficient (Wildman–Crippen LogP) is 5.53. The zero-order valence-corrected chi connectivity index (χ0v) is 18.7. The fourth-order valence-electron chi connectivity index (χ4n) is 3.41. The van der Waals surface area contributed by atoms with Gasteiger partial charge < -0.3 is 15.3 Å². The van der Waals surface area contributed by atoms with Gasteiger partial charge in [-0.2, -0.15) is 0 Å². The molecule has 0 aromatic heterocycles. The highest BCUT2D eigenvalue weighted by Gasteiger charge is 2.27. The number of phenols is 2. The molecule has 0 radical (unpaired) electrons. The van der Waals surface area contributed by atoms with E-state index < -0.39 is 11.9 Å². The first-order valence-corrected chi connectivity index (χ1v) is 9.91. The molecule has 0 saturated heterocycles. The van der Waals surface area contributed by atoms with Crippen LogP contribution in [-0.4, -0.2) is 26.5 Å². The highest BCUT2D eigenvalue weighted by molar-refractivity contribution is 5.92. The molecule has 2 aromatic carbocycles. The molecule has 0 heterocycles. The van der Waals surface area contributed by atoms with Crippen LogP contribution in [0, 0.1) is 0 Å². The molecule has 0 amide bonds. The third kappa shape index (κ3) is 4.77. The molecule has 0 fully saturated rings. The highest BCUT2D eigenvalue weighted by atomic mass is 17.1. The summed E-state index contributed by atoms with van der Waals surface area (Å²) in [7, 11) is 0. The topological polar surface area (TPSA) is 107 Å². The van der Waals surface area contributed by atoms with E-state index in [-0.39, 0.29) is 34.5 Å². The Morgan fingerprint density at radius 3 is 1.80 bits per heavy atom. The van der Waals surface area contributed by atoms with Crippen molar-refractivity contribution in [1.29, 1.82) is 0 Å². The second-order valence-corrected chi connectivity index (χ2v) is 9.84. The van der Waals surface area contributed by atoms with Crippen molar-refractivity contribution in [3.8, 4) is 11.5 Å². The molecule has 6 nitrogen and oxygen atoms in total. The van der Waals surface area contributed by atoms with Gasteiger partial charge in [-0.3, -0.25) is 5.26 Å². The van der Waals surface area contributed by atoms with Crippen molar-refractivity contribution in [3.05, 3.63) is 57.6 Å². The quantitative estimate of drug-likeness (QED) is 0.377. The number of hydrogen-bond donors (Lipinski definition) is 4. The Labute approximate surface area is 177 Å². The zero-order chi connectivity index (χ0) is 23.0. The van der Waals surface area contributed by atoms with Crippen molar-refractivity contribution < 1.29 is 30.3 Å². The van der Waals surface area contributed by atoms with Crippen molar-refractivity contribution in [1.82, 2.24) is 0 Å². The van der Waals surface area contributed by atoms with E-state index in [0.717, 1.165) is 11.1 Å². The second-order valence-electron chi connectivity index (χ2n) is 9.84. The number of carboxylic acids is 1. The van der Waals surface area contributed by atoms with Crippen molar-refractivity contribution in [2.45, 2.75) is 71.8 Å². The molecule has 0 aliphatic carbocycles. The Balaban J connectivity index is 2.79. The van der Waals surface area contributed by atoms with Crippen LogP contribution >= 0.6 is 0 Å². The standard InChI is InChI=1S/C24H32O6/c1-13(17-9-15(23(2,3)4)8-14(12-30-29)20(17)25)18-10-16(24(5,6)7)11-19(21(18)26)22(27)28/h8-11,13,25-26,29H,12H2,1-7H3,(H,27,28). The molecule has 2 rings (SSSR count). The maximum Gasteiger partial charge on any atom is 0.339 e. The lowest BCUT2D eigenvalue weighted by Gasteiger charge is -2.26. The summed E-state index contributed by atoms with van der Waals surface area (Å²) >= 11 is 0. The van der Waals surface area contributed by atoms with Crippen molar-refractivity contribution in [2.24, 2.45) is 0 Å². The van der Waals surface area contributed by atoms with E-state index in [1.807, 2.05) is 47.6 Å². The molecule has 1 unspecified atom stereocenters. The van der Waals surface area contributed by atoms with Crippen LogP contribution in [0.1, 0.15) is 92.6 Å². The molecule has 164 valence electrons. The maximum absolute atomic E-state index is 11.8. The molecule has 0 spiro atoms. The number of rotatable bonds is 5. The van der Waals surface area contributed by atoms with E-state index in [1.54, 1.807) is 19.1 Å². The molecule has 6 heteroatoms. The van der Waals surface area contributed by atoms with Gasteiger partial charge in [0.25, 0.3) is 0 Å². The number of hydrogen-bond acceptors (Lipinski definition) is 5. The fourth-order valence-corrected chi connectivity index (χ4v) is 3.41. The first kappa shape index (κ1) is 23.7. The molecule has 0 aliphatic rings. The molecule has 4 N–H and O–H groups in total. The Hall–Kier alpha value is -2.57. The van der Waals surface area contributed by atoms with Crippen molar-refractivity contribution >= 4 is 5.97 Å². The number of carbonyl (C=O) groups is 1. The molecule has 30 heavy (non-hydrogen) atoms. The van der Waals surface area contributed by atoms with Crippen LogP contribution in [0.25, 0.3) is 0 Å². The summed E-state index contributed by atoms with van der Waals surface area (Å²) in [5.74, 6) is -2.09. The molecular weight excluding hydrogens is 384 g/mol. The van der Waals surface area contributed by atoms with Crippen LogP contribution in [0.3, 0.4) is 0 Å². The van der Waals surface area contributed by atoms with Crippen LogP contribution < -0.4 is 0 Å². The molecule has 1 atom stereocenters. The van der Waals surface area contributed by atoms with Crippen LogP contribution in [0.2, 0.25) is 0 Å². The minimum Gasteiger partial charge on any atom is -0.507 e. The van der Waals surface area contributed by atoms with Gasteiger partial charge in [-0.1, -0.05) is 60.6 Å². The number of phenolic OH excluding ortho intramolecular Hbond substituents is 1. The number of aromatic carboxylic acids is 1. The van der Waals surface area contributed by atoms with Gasteiger partial charge >= 0.3 is 5.97 Å². The van der Waals surface area contributed by atoms with E-state index in [4.69, 9.17) is 5.26 Å². The predicted molar refractivity (Wildman–Crippen MR) is 116 cm³/mol. The van der Waals surface area contributed by atoms with Crippen molar-refractivity contribution in [2.75, 3.05) is 0 Å². The van der Waals surface area contributed by atoms with Crippen LogP contribution in [-0.2, 0) is 22.3 Å². The van der Waals surface area contributed by atoms with Gasteiger partial charge in [0, 0.05) is 22.6 Å². The minimum absolute atomic E-state index is 0.0537. The Bertz CT molecular complexity index is 948. The maximum atomic E-state index is 11.8. The number of aromatic hydroxyl groups is 2. The average Bonchev–Trinajstić information content (AvgIpc) is 2.61. The number of carboxylic acid groups (broad SMARTS) is 1. The molecule has 2 aromatic rings. The zero-order valence-electron chi connectivity index (χ0n) is 18.7. The molecule has 0 aliphatic heterocycles. The van der Waals surface area contributed by atoms with Gasteiger partial charge in [-0.25, -0.2) is 9.68 Å². The Morgan fingerprint density at radius 1 is 0.900 bits per heavy atom. The lowest BCUT2D eigenvalue weighted by Crippen LogP contribution is -2.15. The normalized spacial score (nSPS) is 13.3. The highest BCUT2D eigenvalue weighted by Crippen LogP contribution is 2.42. The van der Waals surface area contributed by atoms with Crippen molar-refractivity contribution in [3.63, 3.8) is 0 Å². The lowest BCUT2D eigenvalue weighted by molar-refractivity contribution is -0.253. The summed E-state index contributed by atoms with van der Waals surface area (Å²) in [5.41, 5.74) is 2.28. The fraction of sp³-hybridized carbons (Fsp3) is 0.458. The molecule has 0 bridgehead atoms. The summed E-state index contributed by atoms with van der Waals surface area (Å²) < 4.78 is 0. The van der Waals surface area contributed by atoms with E-state index in [2.05, 4.69) is 4.89 Å². The van der Waals surface area contributed by atoms with Crippen LogP contribution in [0.5, 0.6) is 11.5 Å². The largest absolute Gasteiger partial charge is 0.507 e. The van der Waals surface area contributed by atoms with E-state index >= 15 is 0 Å². The Morgan fingerprint density at radius 2 is 1.37 bits per heavy atom. The van der Waals surface area contributed by atoms with Gasteiger partial charge in [0.1, 0.15) is 23.7 Å².